The van der Waals surface area contributed by atoms with Gasteiger partial charge in [-0.25, -0.2) is 0 Å². The van der Waals surface area contributed by atoms with Crippen molar-refractivity contribution in [1.82, 2.24) is 0 Å². The van der Waals surface area contributed by atoms with Gasteiger partial charge in [-0.1, -0.05) is 6.08 Å². The number of hydrogen-bond donors (Lipinski definition) is 3. The molecule has 0 aliphatic heterocycles. The normalized spacial score (nSPS) is 50.1. The Bertz CT molecular complexity index is 253. The summed E-state index contributed by atoms with van der Waals surface area (Å²) in [6, 6.07) is 0. The molecule has 5 atom stereocenters. The van der Waals surface area contributed by atoms with Crippen LogP contribution in [0.1, 0.15) is 25.7 Å². The molecule has 0 heterocycles. The maximum atomic E-state index is 10.6. The molecule has 2 rings (SSSR count). The van der Waals surface area contributed by atoms with E-state index in [0.717, 1.165) is 12.8 Å². The van der Waals surface area contributed by atoms with E-state index in [1.54, 1.807) is 0 Å². The van der Waals surface area contributed by atoms with Gasteiger partial charge in [0, 0.05) is 18.4 Å². The van der Waals surface area contributed by atoms with E-state index in [2.05, 4.69) is 6.58 Å². The second-order valence-electron chi connectivity index (χ2n) is 4.97. The molecule has 0 saturated heterocycles. The second kappa shape index (κ2) is 3.89. The summed E-state index contributed by atoms with van der Waals surface area (Å²) in [5.41, 5.74) is -0.728. The molecule has 3 nitrogen and oxygen atoms in total. The van der Waals surface area contributed by atoms with Gasteiger partial charge in [0.2, 0.25) is 0 Å². The highest BCUT2D eigenvalue weighted by atomic mass is 16.3. The topological polar surface area (TPSA) is 60.7 Å². The molecule has 3 heteroatoms. The predicted octanol–water partition coefficient (Wildman–Crippen LogP) is 0.693. The first kappa shape index (κ1) is 11.1. The molecule has 0 spiro atoms. The first-order valence-electron chi connectivity index (χ1n) is 5.77. The highest BCUT2D eigenvalue weighted by Gasteiger charge is 2.54. The molecule has 3 N–H and O–H groups in total. The van der Waals surface area contributed by atoms with Crippen molar-refractivity contribution in [2.45, 2.75) is 37.4 Å². The predicted molar refractivity (Wildman–Crippen MR) is 57.2 cm³/mol. The van der Waals surface area contributed by atoms with Gasteiger partial charge >= 0.3 is 0 Å². The maximum absolute atomic E-state index is 10.6. The van der Waals surface area contributed by atoms with Gasteiger partial charge in [0.15, 0.2) is 0 Å². The van der Waals surface area contributed by atoms with Crippen LogP contribution in [0, 0.1) is 17.8 Å². The molecular formula is C12H20O3. The SMILES string of the molecule is C=C[C@@H]1CC[C@H]2[C@H](CO)[C@@H](O)CC[C@]12O. The minimum absolute atomic E-state index is 0.0298. The van der Waals surface area contributed by atoms with Crippen molar-refractivity contribution in [3.63, 3.8) is 0 Å². The summed E-state index contributed by atoms with van der Waals surface area (Å²) in [5, 5.41) is 29.7. The molecule has 0 amide bonds. The Kier molecular flexibility index (Phi) is 2.88. The molecule has 0 unspecified atom stereocenters. The Morgan fingerprint density at radius 3 is 2.67 bits per heavy atom. The third-order valence-corrected chi connectivity index (χ3v) is 4.42. The van der Waals surface area contributed by atoms with Gasteiger partial charge in [-0.05, 0) is 31.6 Å². The molecule has 0 aromatic rings. The van der Waals surface area contributed by atoms with Crippen molar-refractivity contribution < 1.29 is 15.3 Å². The lowest BCUT2D eigenvalue weighted by atomic mass is 9.67. The van der Waals surface area contributed by atoms with Crippen LogP contribution in [0.2, 0.25) is 0 Å². The van der Waals surface area contributed by atoms with Crippen LogP contribution in [-0.4, -0.2) is 33.6 Å². The Labute approximate surface area is 90.4 Å². The van der Waals surface area contributed by atoms with Gasteiger partial charge in [0.1, 0.15) is 0 Å². The highest BCUT2D eigenvalue weighted by molar-refractivity contribution is 5.09. The molecule has 2 saturated carbocycles. The summed E-state index contributed by atoms with van der Waals surface area (Å²) in [6.07, 6.45) is 4.40. The summed E-state index contributed by atoms with van der Waals surface area (Å²) in [5.74, 6) is 0.00648. The van der Waals surface area contributed by atoms with E-state index in [9.17, 15) is 15.3 Å². The van der Waals surface area contributed by atoms with Gasteiger partial charge in [0.25, 0.3) is 0 Å². The van der Waals surface area contributed by atoms with Gasteiger partial charge in [-0.3, -0.25) is 0 Å². The van der Waals surface area contributed by atoms with Crippen LogP contribution < -0.4 is 0 Å². The van der Waals surface area contributed by atoms with E-state index in [4.69, 9.17) is 0 Å². The van der Waals surface area contributed by atoms with E-state index in [0.29, 0.717) is 12.8 Å². The molecule has 0 bridgehead atoms. The van der Waals surface area contributed by atoms with Gasteiger partial charge < -0.3 is 15.3 Å². The van der Waals surface area contributed by atoms with Crippen LogP contribution in [0.15, 0.2) is 12.7 Å². The Hall–Kier alpha value is -0.380. The average Bonchev–Trinajstić information content (AvgIpc) is 2.56. The standard InChI is InChI=1S/C12H20O3/c1-2-8-3-4-10-9(7-13)11(14)5-6-12(8,10)15/h2,8-11,13-15H,1,3-7H2/t8-,9+,10+,11+,12+/m1/s1. The summed E-state index contributed by atoms with van der Waals surface area (Å²) in [6.45, 7) is 3.73. The van der Waals surface area contributed by atoms with E-state index >= 15 is 0 Å². The van der Waals surface area contributed by atoms with E-state index in [-0.39, 0.29) is 24.4 Å². The van der Waals surface area contributed by atoms with Gasteiger partial charge in [-0.2, -0.15) is 0 Å². The Balaban J connectivity index is 2.24. The molecule has 86 valence electrons. The zero-order valence-corrected chi connectivity index (χ0v) is 8.97. The summed E-state index contributed by atoms with van der Waals surface area (Å²) in [7, 11) is 0. The number of aliphatic hydroxyl groups excluding tert-OH is 2. The van der Waals surface area contributed by atoms with Crippen LogP contribution in [0.5, 0.6) is 0 Å². The summed E-state index contributed by atoms with van der Waals surface area (Å²) >= 11 is 0. The third kappa shape index (κ3) is 1.53. The van der Waals surface area contributed by atoms with E-state index in [1.165, 1.54) is 0 Å². The van der Waals surface area contributed by atoms with Crippen molar-refractivity contribution in [1.29, 1.82) is 0 Å². The monoisotopic (exact) mass is 212 g/mol. The van der Waals surface area contributed by atoms with E-state index in [1.807, 2.05) is 6.08 Å². The second-order valence-corrected chi connectivity index (χ2v) is 4.97. The number of fused-ring (bicyclic) bond motifs is 1. The largest absolute Gasteiger partial charge is 0.396 e. The quantitative estimate of drug-likeness (QED) is 0.590. The van der Waals surface area contributed by atoms with Crippen LogP contribution in [-0.2, 0) is 0 Å². The van der Waals surface area contributed by atoms with Crippen LogP contribution in [0.4, 0.5) is 0 Å². The minimum Gasteiger partial charge on any atom is -0.396 e. The number of rotatable bonds is 2. The van der Waals surface area contributed by atoms with Crippen molar-refractivity contribution in [2.24, 2.45) is 17.8 Å². The Morgan fingerprint density at radius 2 is 2.07 bits per heavy atom. The van der Waals surface area contributed by atoms with Crippen LogP contribution in [0.3, 0.4) is 0 Å². The maximum Gasteiger partial charge on any atom is 0.0743 e. The summed E-state index contributed by atoms with van der Waals surface area (Å²) in [4.78, 5) is 0. The minimum atomic E-state index is -0.728. The van der Waals surface area contributed by atoms with Crippen molar-refractivity contribution in [3.8, 4) is 0 Å². The lowest BCUT2D eigenvalue weighted by Gasteiger charge is -2.44. The zero-order valence-electron chi connectivity index (χ0n) is 8.97. The number of hydrogen-bond acceptors (Lipinski definition) is 3. The average molecular weight is 212 g/mol. The molecular weight excluding hydrogens is 192 g/mol. The zero-order chi connectivity index (χ0) is 11.1. The smallest absolute Gasteiger partial charge is 0.0743 e. The van der Waals surface area contributed by atoms with Crippen molar-refractivity contribution in [2.75, 3.05) is 6.61 Å². The molecule has 15 heavy (non-hydrogen) atoms. The number of aliphatic hydroxyl groups is 3. The molecule has 2 fully saturated rings. The van der Waals surface area contributed by atoms with Gasteiger partial charge in [-0.15, -0.1) is 6.58 Å². The lowest BCUT2D eigenvalue weighted by Crippen LogP contribution is -2.51. The highest BCUT2D eigenvalue weighted by Crippen LogP contribution is 2.51. The van der Waals surface area contributed by atoms with Crippen molar-refractivity contribution >= 4 is 0 Å². The molecule has 0 radical (unpaired) electrons. The fraction of sp³-hybridized carbons (Fsp3) is 0.833. The molecule has 0 aromatic heterocycles. The summed E-state index contributed by atoms with van der Waals surface area (Å²) < 4.78 is 0. The fourth-order valence-electron chi connectivity index (χ4n) is 3.52. The van der Waals surface area contributed by atoms with Crippen LogP contribution >= 0.6 is 0 Å². The fourth-order valence-corrected chi connectivity index (χ4v) is 3.52. The van der Waals surface area contributed by atoms with Crippen LogP contribution in [0.25, 0.3) is 0 Å². The van der Waals surface area contributed by atoms with E-state index < -0.39 is 11.7 Å². The Morgan fingerprint density at radius 1 is 1.33 bits per heavy atom. The molecule has 0 aromatic carbocycles. The first-order chi connectivity index (χ1) is 7.13. The molecule has 2 aliphatic rings. The first-order valence-corrected chi connectivity index (χ1v) is 5.77. The lowest BCUT2D eigenvalue weighted by molar-refractivity contribution is -0.123. The third-order valence-electron chi connectivity index (χ3n) is 4.42. The van der Waals surface area contributed by atoms with Crippen molar-refractivity contribution in [3.05, 3.63) is 12.7 Å². The van der Waals surface area contributed by atoms with Gasteiger partial charge in [0.05, 0.1) is 11.7 Å². The molecule has 2 aliphatic carbocycles.